The van der Waals surface area contributed by atoms with Gasteiger partial charge in [-0.3, -0.25) is 14.6 Å². The van der Waals surface area contributed by atoms with Crippen LogP contribution < -0.4 is 16.0 Å². The number of guanidine groups is 1. The van der Waals surface area contributed by atoms with E-state index in [-0.39, 0.29) is 48.4 Å². The Labute approximate surface area is 177 Å². The van der Waals surface area contributed by atoms with Crippen LogP contribution in [0, 0.1) is 12.3 Å². The first-order chi connectivity index (χ1) is 12.5. The summed E-state index contributed by atoms with van der Waals surface area (Å²) in [5, 5.41) is 9.10. The molecule has 8 heteroatoms. The highest BCUT2D eigenvalue weighted by atomic mass is 127. The lowest BCUT2D eigenvalue weighted by Crippen LogP contribution is -2.50. The topological polar surface area (TPSA) is 85.8 Å². The van der Waals surface area contributed by atoms with Gasteiger partial charge < -0.3 is 20.9 Å². The van der Waals surface area contributed by atoms with Crippen molar-refractivity contribution >= 4 is 47.4 Å². The minimum Gasteiger partial charge on any atom is -0.354 e. The number of nitrogens with one attached hydrogen (secondary N) is 3. The maximum Gasteiger partial charge on any atom is 0.243 e. The van der Waals surface area contributed by atoms with E-state index in [1.807, 2.05) is 4.90 Å². The van der Waals surface area contributed by atoms with Crippen LogP contribution in [0.25, 0.3) is 0 Å². The third-order valence-corrected chi connectivity index (χ3v) is 4.23. The molecule has 1 aliphatic rings. The van der Waals surface area contributed by atoms with E-state index in [2.05, 4.69) is 26.9 Å². The molecular weight excluding hydrogens is 457 g/mol. The van der Waals surface area contributed by atoms with Gasteiger partial charge in [0.15, 0.2) is 5.96 Å². The highest BCUT2D eigenvalue weighted by Gasteiger charge is 2.21. The van der Waals surface area contributed by atoms with Gasteiger partial charge in [0.1, 0.15) is 0 Å². The van der Waals surface area contributed by atoms with Crippen molar-refractivity contribution < 1.29 is 9.59 Å². The fourth-order valence-electron chi connectivity index (χ4n) is 2.78. The molecule has 1 heterocycles. The van der Waals surface area contributed by atoms with Crippen LogP contribution in [-0.4, -0.2) is 55.4 Å². The van der Waals surface area contributed by atoms with Crippen LogP contribution in [0.5, 0.6) is 0 Å². The van der Waals surface area contributed by atoms with Gasteiger partial charge in [-0.25, -0.2) is 0 Å². The molecule has 1 saturated heterocycles. The summed E-state index contributed by atoms with van der Waals surface area (Å²) in [6.07, 6.45) is 7.06. The van der Waals surface area contributed by atoms with Gasteiger partial charge >= 0.3 is 0 Å². The van der Waals surface area contributed by atoms with Crippen LogP contribution in [0.2, 0.25) is 0 Å². The molecule has 0 aromatic heterocycles. The van der Waals surface area contributed by atoms with Crippen molar-refractivity contribution in [1.82, 2.24) is 15.5 Å². The summed E-state index contributed by atoms with van der Waals surface area (Å²) in [6.45, 7) is 3.14. The molecule has 7 nitrogen and oxygen atoms in total. The van der Waals surface area contributed by atoms with E-state index in [9.17, 15) is 9.59 Å². The summed E-state index contributed by atoms with van der Waals surface area (Å²) in [5.74, 6) is 3.02. The van der Waals surface area contributed by atoms with Crippen LogP contribution in [-0.2, 0) is 9.59 Å². The van der Waals surface area contributed by atoms with Gasteiger partial charge in [-0.2, -0.15) is 0 Å². The Hall–Kier alpha value is -2.28. The van der Waals surface area contributed by atoms with Crippen LogP contribution in [0.15, 0.2) is 29.3 Å². The Morgan fingerprint density at radius 3 is 2.63 bits per heavy atom. The van der Waals surface area contributed by atoms with Crippen LogP contribution in [0.1, 0.15) is 25.3 Å². The van der Waals surface area contributed by atoms with Gasteiger partial charge in [0.25, 0.3) is 0 Å². The van der Waals surface area contributed by atoms with E-state index < -0.39 is 0 Å². The summed E-state index contributed by atoms with van der Waals surface area (Å²) >= 11 is 0. The molecule has 1 aromatic carbocycles. The third-order valence-electron chi connectivity index (χ3n) is 4.23. The first-order valence-electron chi connectivity index (χ1n) is 8.61. The van der Waals surface area contributed by atoms with Crippen LogP contribution in [0.3, 0.4) is 0 Å². The first-order valence-corrected chi connectivity index (χ1v) is 8.61. The number of rotatable bonds is 4. The van der Waals surface area contributed by atoms with Crippen molar-refractivity contribution in [3.05, 3.63) is 29.8 Å². The normalized spacial score (nSPS) is 14.6. The van der Waals surface area contributed by atoms with Crippen molar-refractivity contribution in [3.63, 3.8) is 0 Å². The zero-order chi connectivity index (χ0) is 18.9. The zero-order valence-corrected chi connectivity index (χ0v) is 17.9. The van der Waals surface area contributed by atoms with Crippen molar-refractivity contribution in [2.24, 2.45) is 4.99 Å². The van der Waals surface area contributed by atoms with Gasteiger partial charge in [0, 0.05) is 44.4 Å². The van der Waals surface area contributed by atoms with E-state index in [0.29, 0.717) is 17.2 Å². The lowest BCUT2D eigenvalue weighted by Gasteiger charge is -2.32. The maximum atomic E-state index is 12.1. The summed E-state index contributed by atoms with van der Waals surface area (Å²) < 4.78 is 0. The number of aliphatic imine (C=N–C) groups is 1. The largest absolute Gasteiger partial charge is 0.354 e. The number of hydrogen-bond acceptors (Lipinski definition) is 3. The fourth-order valence-corrected chi connectivity index (χ4v) is 2.78. The van der Waals surface area contributed by atoms with Crippen molar-refractivity contribution in [1.29, 1.82) is 0 Å². The van der Waals surface area contributed by atoms with Crippen molar-refractivity contribution in [2.45, 2.75) is 25.8 Å². The quantitative estimate of drug-likeness (QED) is 0.262. The Balaban J connectivity index is 0.00000364. The average molecular weight is 483 g/mol. The Morgan fingerprint density at radius 1 is 1.33 bits per heavy atom. The molecule has 27 heavy (non-hydrogen) atoms. The predicted molar refractivity (Wildman–Crippen MR) is 118 cm³/mol. The molecule has 2 amide bonds. The molecule has 0 radical (unpaired) electrons. The summed E-state index contributed by atoms with van der Waals surface area (Å²) in [5.41, 5.74) is 1.37. The Bertz CT molecular complexity index is 721. The SMILES string of the molecule is C#Cc1cccc(NC(=O)CNC(=NC)NC2CCN(C(C)=O)CC2)c1.I. The molecule has 0 aliphatic carbocycles. The third kappa shape index (κ3) is 7.46. The molecule has 0 unspecified atom stereocenters. The average Bonchev–Trinajstić information content (AvgIpc) is 2.65. The number of carbonyl (C=O) groups excluding carboxylic acids is 2. The molecule has 0 atom stereocenters. The summed E-state index contributed by atoms with van der Waals surface area (Å²) in [7, 11) is 1.66. The van der Waals surface area contributed by atoms with E-state index in [0.717, 1.165) is 25.9 Å². The minimum absolute atomic E-state index is 0. The first kappa shape index (κ1) is 22.8. The highest BCUT2D eigenvalue weighted by Crippen LogP contribution is 2.10. The molecule has 0 bridgehead atoms. The Morgan fingerprint density at radius 2 is 2.04 bits per heavy atom. The minimum atomic E-state index is -0.187. The van der Waals surface area contributed by atoms with E-state index in [1.54, 1.807) is 38.2 Å². The van der Waals surface area contributed by atoms with E-state index >= 15 is 0 Å². The van der Waals surface area contributed by atoms with Gasteiger partial charge in [-0.15, -0.1) is 30.4 Å². The number of nitrogens with zero attached hydrogens (tertiary/aromatic N) is 2. The summed E-state index contributed by atoms with van der Waals surface area (Å²) in [4.78, 5) is 29.4. The molecule has 3 N–H and O–H groups in total. The van der Waals surface area contributed by atoms with Gasteiger partial charge in [0.05, 0.1) is 6.54 Å². The molecule has 1 aromatic rings. The fraction of sp³-hybridized carbons (Fsp3) is 0.421. The number of likely N-dealkylation sites (tertiary alicyclic amines) is 1. The molecule has 146 valence electrons. The number of carbonyl (C=O) groups is 2. The lowest BCUT2D eigenvalue weighted by molar-refractivity contribution is -0.129. The van der Waals surface area contributed by atoms with Crippen molar-refractivity contribution in [3.8, 4) is 12.3 Å². The predicted octanol–water partition coefficient (Wildman–Crippen LogP) is 1.40. The zero-order valence-electron chi connectivity index (χ0n) is 15.6. The van der Waals surface area contributed by atoms with E-state index in [1.165, 1.54) is 0 Å². The second-order valence-corrected chi connectivity index (χ2v) is 6.12. The second kappa shape index (κ2) is 11.4. The van der Waals surface area contributed by atoms with Crippen molar-refractivity contribution in [2.75, 3.05) is 32.0 Å². The second-order valence-electron chi connectivity index (χ2n) is 6.12. The molecule has 1 fully saturated rings. The molecular formula is C19H26IN5O2. The number of anilines is 1. The summed E-state index contributed by atoms with van der Waals surface area (Å²) in [6, 6.07) is 7.36. The van der Waals surface area contributed by atoms with Gasteiger partial charge in [0.2, 0.25) is 11.8 Å². The lowest BCUT2D eigenvalue weighted by atomic mass is 10.1. The number of halogens is 1. The van der Waals surface area contributed by atoms with E-state index in [4.69, 9.17) is 6.42 Å². The highest BCUT2D eigenvalue weighted by molar-refractivity contribution is 14.0. The monoisotopic (exact) mass is 483 g/mol. The van der Waals surface area contributed by atoms with Gasteiger partial charge in [-0.05, 0) is 31.0 Å². The van der Waals surface area contributed by atoms with Crippen LogP contribution in [0.4, 0.5) is 5.69 Å². The molecule has 0 saturated carbocycles. The standard InChI is InChI=1S/C19H25N5O2.HI/c1-4-15-6-5-7-17(12-15)22-18(26)13-21-19(20-3)23-16-8-10-24(11-9-16)14(2)25;/h1,5-7,12,16H,8-11,13H2,2-3H3,(H,22,26)(H2,20,21,23);1H. The van der Waals surface area contributed by atoms with Gasteiger partial charge in [-0.1, -0.05) is 12.0 Å². The molecule has 2 rings (SSSR count). The smallest absolute Gasteiger partial charge is 0.243 e. The molecule has 1 aliphatic heterocycles. The Kier molecular flexibility index (Phi) is 9.64. The molecule has 0 spiro atoms. The van der Waals surface area contributed by atoms with Crippen LogP contribution >= 0.6 is 24.0 Å². The number of benzene rings is 1. The number of amides is 2. The maximum absolute atomic E-state index is 12.1. The number of piperidine rings is 1. The number of hydrogen-bond donors (Lipinski definition) is 3. The number of terminal acetylenes is 1.